The fourth-order valence-corrected chi connectivity index (χ4v) is 2.07. The Kier molecular flexibility index (Phi) is 2.96. The van der Waals surface area contributed by atoms with Gasteiger partial charge in [0, 0.05) is 22.5 Å². The largest absolute Gasteiger partial charge is 0.398 e. The van der Waals surface area contributed by atoms with Gasteiger partial charge in [-0.25, -0.2) is 5.43 Å². The van der Waals surface area contributed by atoms with Crippen molar-refractivity contribution in [3.05, 3.63) is 28.2 Å². The second-order valence-electron chi connectivity index (χ2n) is 3.87. The van der Waals surface area contributed by atoms with E-state index in [1.54, 1.807) is 0 Å². The summed E-state index contributed by atoms with van der Waals surface area (Å²) in [4.78, 5) is 11.1. The lowest BCUT2D eigenvalue weighted by Gasteiger charge is -2.19. The number of hydrogen-bond acceptors (Lipinski definition) is 3. The molecule has 0 saturated carbocycles. The van der Waals surface area contributed by atoms with Gasteiger partial charge in [0.1, 0.15) is 0 Å². The van der Waals surface area contributed by atoms with E-state index in [2.05, 4.69) is 26.5 Å². The lowest BCUT2D eigenvalue weighted by Crippen LogP contribution is -2.31. The third-order valence-electron chi connectivity index (χ3n) is 2.56. The summed E-state index contributed by atoms with van der Waals surface area (Å²) < 4.78 is 0.844. The van der Waals surface area contributed by atoms with Crippen LogP contribution < -0.4 is 11.2 Å². The van der Waals surface area contributed by atoms with E-state index in [1.165, 1.54) is 0 Å². The number of nitrogens with two attached hydrogens (primary N) is 1. The van der Waals surface area contributed by atoms with Crippen LogP contribution in [0.15, 0.2) is 27.8 Å². The number of nitrogens with zero attached hydrogens (tertiary/aromatic N) is 1. The number of hydrazone groups is 1. The monoisotopic (exact) mass is 281 g/mol. The molecule has 84 valence electrons. The predicted octanol–water partition coefficient (Wildman–Crippen LogP) is 1.89. The van der Waals surface area contributed by atoms with Gasteiger partial charge in [-0.2, -0.15) is 5.10 Å². The molecule has 0 saturated heterocycles. The first kappa shape index (κ1) is 11.1. The first-order valence-electron chi connectivity index (χ1n) is 4.99. The highest BCUT2D eigenvalue weighted by Gasteiger charge is 2.21. The van der Waals surface area contributed by atoms with Crippen LogP contribution in [0.25, 0.3) is 0 Å². The Morgan fingerprint density at radius 1 is 1.56 bits per heavy atom. The Morgan fingerprint density at radius 2 is 2.31 bits per heavy atom. The summed E-state index contributed by atoms with van der Waals surface area (Å²) in [6, 6.07) is 5.65. The van der Waals surface area contributed by atoms with E-state index in [-0.39, 0.29) is 11.8 Å². The maximum atomic E-state index is 11.1. The van der Waals surface area contributed by atoms with Crippen molar-refractivity contribution >= 4 is 33.2 Å². The number of benzene rings is 1. The molecule has 0 aliphatic carbocycles. The highest BCUT2D eigenvalue weighted by Crippen LogP contribution is 2.24. The zero-order valence-corrected chi connectivity index (χ0v) is 10.4. The van der Waals surface area contributed by atoms with E-state index in [1.807, 2.05) is 25.1 Å². The second kappa shape index (κ2) is 4.25. The number of amides is 1. The molecular formula is C11H12BrN3O. The van der Waals surface area contributed by atoms with E-state index in [9.17, 15) is 4.79 Å². The minimum Gasteiger partial charge on any atom is -0.398 e. The van der Waals surface area contributed by atoms with Gasteiger partial charge in [-0.1, -0.05) is 13.0 Å². The van der Waals surface area contributed by atoms with Crippen LogP contribution >= 0.6 is 15.9 Å². The van der Waals surface area contributed by atoms with Gasteiger partial charge in [0.2, 0.25) is 5.91 Å². The number of nitrogens with one attached hydrogen (secondary N) is 1. The topological polar surface area (TPSA) is 67.5 Å². The van der Waals surface area contributed by atoms with Crippen LogP contribution in [0.5, 0.6) is 0 Å². The average molecular weight is 282 g/mol. The van der Waals surface area contributed by atoms with Crippen molar-refractivity contribution < 1.29 is 4.79 Å². The lowest BCUT2D eigenvalue weighted by molar-refractivity contribution is -0.121. The van der Waals surface area contributed by atoms with Crippen molar-refractivity contribution in [3.63, 3.8) is 0 Å². The van der Waals surface area contributed by atoms with E-state index >= 15 is 0 Å². The molecule has 16 heavy (non-hydrogen) atoms. The maximum absolute atomic E-state index is 11.1. The molecule has 1 heterocycles. The van der Waals surface area contributed by atoms with Crippen LogP contribution in [0, 0.1) is 5.92 Å². The third-order valence-corrected chi connectivity index (χ3v) is 3.24. The van der Waals surface area contributed by atoms with Crippen LogP contribution in [0.2, 0.25) is 0 Å². The highest BCUT2D eigenvalue weighted by atomic mass is 79.9. The molecule has 1 atom stereocenters. The average Bonchev–Trinajstić information content (AvgIpc) is 2.22. The van der Waals surface area contributed by atoms with Crippen molar-refractivity contribution in [2.45, 2.75) is 13.3 Å². The minimum absolute atomic E-state index is 0.0363. The Balaban J connectivity index is 2.37. The molecule has 3 N–H and O–H groups in total. The van der Waals surface area contributed by atoms with Gasteiger partial charge in [0.25, 0.3) is 0 Å². The Hall–Kier alpha value is -1.36. The lowest BCUT2D eigenvalue weighted by atomic mass is 9.94. The fraction of sp³-hybridized carbons (Fsp3) is 0.273. The smallest absolute Gasteiger partial charge is 0.240 e. The number of carbonyl (C=O) groups is 1. The molecule has 0 bridgehead atoms. The van der Waals surface area contributed by atoms with Gasteiger partial charge in [0.15, 0.2) is 0 Å². The van der Waals surface area contributed by atoms with Gasteiger partial charge in [-0.15, -0.1) is 0 Å². The van der Waals surface area contributed by atoms with E-state index in [0.29, 0.717) is 12.1 Å². The summed E-state index contributed by atoms with van der Waals surface area (Å²) in [5, 5.41) is 4.09. The summed E-state index contributed by atoms with van der Waals surface area (Å²) in [7, 11) is 0. The molecule has 1 aromatic rings. The molecule has 0 aromatic heterocycles. The van der Waals surface area contributed by atoms with Crippen LogP contribution in [-0.4, -0.2) is 11.6 Å². The molecule has 1 aliphatic heterocycles. The second-order valence-corrected chi connectivity index (χ2v) is 4.73. The maximum Gasteiger partial charge on any atom is 0.240 e. The molecule has 1 amide bonds. The van der Waals surface area contributed by atoms with Gasteiger partial charge >= 0.3 is 0 Å². The van der Waals surface area contributed by atoms with E-state index in [4.69, 9.17) is 5.73 Å². The number of halogens is 1. The van der Waals surface area contributed by atoms with Crippen molar-refractivity contribution in [1.29, 1.82) is 0 Å². The molecule has 0 fully saturated rings. The normalized spacial score (nSPS) is 20.2. The summed E-state index contributed by atoms with van der Waals surface area (Å²) >= 11 is 3.38. The predicted molar refractivity (Wildman–Crippen MR) is 67.0 cm³/mol. The van der Waals surface area contributed by atoms with Crippen LogP contribution in [0.3, 0.4) is 0 Å². The number of hydrogen-bond donors (Lipinski definition) is 2. The third kappa shape index (κ3) is 2.09. The molecule has 4 nitrogen and oxygen atoms in total. The summed E-state index contributed by atoms with van der Waals surface area (Å²) in [5.74, 6) is 0.0926. The van der Waals surface area contributed by atoms with Gasteiger partial charge in [-0.3, -0.25) is 4.79 Å². The van der Waals surface area contributed by atoms with E-state index in [0.717, 1.165) is 15.7 Å². The summed E-state index contributed by atoms with van der Waals surface area (Å²) in [5.41, 5.74) is 10.8. The molecule has 0 radical (unpaired) electrons. The summed E-state index contributed by atoms with van der Waals surface area (Å²) in [6.45, 7) is 1.99. The van der Waals surface area contributed by atoms with Crippen molar-refractivity contribution in [1.82, 2.24) is 5.43 Å². The summed E-state index contributed by atoms with van der Waals surface area (Å²) in [6.07, 6.45) is 0.473. The number of nitrogen functional groups attached to an aromatic ring is 1. The van der Waals surface area contributed by atoms with Crippen LogP contribution in [0.1, 0.15) is 18.9 Å². The molecule has 0 spiro atoms. The van der Waals surface area contributed by atoms with E-state index < -0.39 is 0 Å². The molecule has 1 aromatic carbocycles. The zero-order chi connectivity index (χ0) is 11.7. The van der Waals surface area contributed by atoms with Crippen LogP contribution in [-0.2, 0) is 4.79 Å². The quantitative estimate of drug-likeness (QED) is 0.772. The standard InChI is InChI=1S/C11H12BrN3O/c1-6-4-10(16)14-15-11(6)7-2-3-9(13)8(12)5-7/h2-3,5-6H,4,13H2,1H3,(H,14,16). The zero-order valence-electron chi connectivity index (χ0n) is 8.83. The van der Waals surface area contributed by atoms with Gasteiger partial charge < -0.3 is 5.73 Å². The molecule has 5 heteroatoms. The fourth-order valence-electron chi connectivity index (χ4n) is 1.69. The first-order valence-corrected chi connectivity index (χ1v) is 5.79. The Morgan fingerprint density at radius 3 is 2.94 bits per heavy atom. The molecular weight excluding hydrogens is 270 g/mol. The van der Waals surface area contributed by atoms with Crippen LogP contribution in [0.4, 0.5) is 5.69 Å². The highest BCUT2D eigenvalue weighted by molar-refractivity contribution is 9.10. The molecule has 1 unspecified atom stereocenters. The van der Waals surface area contributed by atoms with Crippen molar-refractivity contribution in [2.24, 2.45) is 11.0 Å². The Labute approximate surface area is 102 Å². The minimum atomic E-state index is -0.0363. The van der Waals surface area contributed by atoms with Crippen molar-refractivity contribution in [2.75, 3.05) is 5.73 Å². The SMILES string of the molecule is CC1CC(=O)NN=C1c1ccc(N)c(Br)c1. The van der Waals surface area contributed by atoms with Gasteiger partial charge in [-0.05, 0) is 33.6 Å². The number of carbonyl (C=O) groups excluding carboxylic acids is 1. The number of anilines is 1. The molecule has 1 aliphatic rings. The van der Waals surface area contributed by atoms with Crippen molar-refractivity contribution in [3.8, 4) is 0 Å². The Bertz CT molecular complexity index is 470. The molecule has 2 rings (SSSR count). The van der Waals surface area contributed by atoms with Gasteiger partial charge in [0.05, 0.1) is 5.71 Å². The first-order chi connectivity index (χ1) is 7.58. The number of rotatable bonds is 1.